The molecule has 96 valence electrons. The number of esters is 2. The van der Waals surface area contributed by atoms with Gasteiger partial charge in [-0.2, -0.15) is 0 Å². The number of ether oxygens (including phenoxy) is 2. The van der Waals surface area contributed by atoms with E-state index in [9.17, 15) is 9.59 Å². The molecule has 1 aromatic rings. The van der Waals surface area contributed by atoms with Crippen molar-refractivity contribution in [3.05, 3.63) is 35.9 Å². The van der Waals surface area contributed by atoms with Crippen LogP contribution in [0, 0.1) is 5.41 Å². The molecule has 1 aromatic carbocycles. The predicted octanol–water partition coefficient (Wildman–Crippen LogP) is 2.07. The molecule has 0 unspecified atom stereocenters. The van der Waals surface area contributed by atoms with Crippen LogP contribution in [0.5, 0.6) is 0 Å². The summed E-state index contributed by atoms with van der Waals surface area (Å²) in [5.74, 6) is -2.25. The van der Waals surface area contributed by atoms with E-state index in [1.807, 2.05) is 30.3 Å². The second-order valence-corrected chi connectivity index (χ2v) is 5.17. The Morgan fingerprint density at radius 3 is 1.94 bits per heavy atom. The Morgan fingerprint density at radius 1 is 0.944 bits per heavy atom. The van der Waals surface area contributed by atoms with Gasteiger partial charge in [0.05, 0.1) is 0 Å². The monoisotopic (exact) mass is 248 g/mol. The topological polar surface area (TPSA) is 52.6 Å². The van der Waals surface area contributed by atoms with Gasteiger partial charge in [0, 0.05) is 13.8 Å². The summed E-state index contributed by atoms with van der Waals surface area (Å²) in [6.45, 7) is 4.65. The number of carbonyl (C=O) groups excluding carboxylic acids is 2. The molecule has 18 heavy (non-hydrogen) atoms. The summed E-state index contributed by atoms with van der Waals surface area (Å²) in [5, 5.41) is 0. The first-order valence-electron chi connectivity index (χ1n) is 5.84. The molecule has 1 aliphatic rings. The molecular weight excluding hydrogens is 232 g/mol. The highest BCUT2D eigenvalue weighted by atomic mass is 16.7. The largest absolute Gasteiger partial charge is 0.422 e. The van der Waals surface area contributed by atoms with Gasteiger partial charge in [0.15, 0.2) is 5.41 Å². The smallest absolute Gasteiger partial charge is 0.326 e. The number of hydrogen-bond donors (Lipinski definition) is 0. The minimum atomic E-state index is -1.27. The van der Waals surface area contributed by atoms with Crippen LogP contribution in [0.2, 0.25) is 0 Å². The summed E-state index contributed by atoms with van der Waals surface area (Å²) in [4.78, 5) is 24.0. The van der Waals surface area contributed by atoms with E-state index in [2.05, 4.69) is 0 Å². The third-order valence-electron chi connectivity index (χ3n) is 2.98. The molecule has 1 aliphatic heterocycles. The van der Waals surface area contributed by atoms with E-state index in [0.717, 1.165) is 5.56 Å². The molecule has 0 N–H and O–H groups in total. The Kier molecular flexibility index (Phi) is 2.89. The Morgan fingerprint density at radius 2 is 1.44 bits per heavy atom. The van der Waals surface area contributed by atoms with Crippen molar-refractivity contribution in [1.29, 1.82) is 0 Å². The van der Waals surface area contributed by atoms with Crippen LogP contribution in [0.25, 0.3) is 0 Å². The van der Waals surface area contributed by atoms with E-state index >= 15 is 0 Å². The Labute approximate surface area is 106 Å². The molecule has 0 amide bonds. The maximum Gasteiger partial charge on any atom is 0.326 e. The van der Waals surface area contributed by atoms with E-state index in [0.29, 0.717) is 0 Å². The third-order valence-corrected chi connectivity index (χ3v) is 2.98. The van der Waals surface area contributed by atoms with E-state index in [4.69, 9.17) is 9.47 Å². The van der Waals surface area contributed by atoms with Gasteiger partial charge in [0.1, 0.15) is 0 Å². The van der Waals surface area contributed by atoms with Crippen LogP contribution in [0.15, 0.2) is 30.3 Å². The van der Waals surface area contributed by atoms with E-state index in [1.165, 1.54) is 0 Å². The van der Waals surface area contributed by atoms with Crippen molar-refractivity contribution in [3.8, 4) is 0 Å². The summed E-state index contributed by atoms with van der Waals surface area (Å²) in [6, 6.07) is 9.34. The molecule has 1 heterocycles. The maximum absolute atomic E-state index is 12.0. The average Bonchev–Trinajstić information content (AvgIpc) is 2.27. The SMILES string of the molecule is CC1(C)OC(=O)C(C)(Cc2ccccc2)C(=O)O1. The Balaban J connectivity index is 2.25. The van der Waals surface area contributed by atoms with E-state index < -0.39 is 23.1 Å². The number of cyclic esters (lactones) is 2. The van der Waals surface area contributed by atoms with Crippen LogP contribution in [0.1, 0.15) is 26.3 Å². The first-order valence-corrected chi connectivity index (χ1v) is 5.84. The number of rotatable bonds is 2. The van der Waals surface area contributed by atoms with Crippen molar-refractivity contribution in [2.75, 3.05) is 0 Å². The fourth-order valence-corrected chi connectivity index (χ4v) is 1.92. The zero-order valence-corrected chi connectivity index (χ0v) is 10.7. The highest BCUT2D eigenvalue weighted by molar-refractivity contribution is 6.01. The van der Waals surface area contributed by atoms with Crippen LogP contribution < -0.4 is 0 Å². The Bertz CT molecular complexity index is 456. The summed E-state index contributed by atoms with van der Waals surface area (Å²) in [5.41, 5.74) is -0.370. The molecule has 0 aromatic heterocycles. The number of benzene rings is 1. The summed E-state index contributed by atoms with van der Waals surface area (Å²) >= 11 is 0. The molecule has 1 saturated heterocycles. The molecule has 0 spiro atoms. The molecule has 0 saturated carbocycles. The van der Waals surface area contributed by atoms with Crippen molar-refractivity contribution in [2.45, 2.75) is 33.0 Å². The number of carbonyl (C=O) groups is 2. The predicted molar refractivity (Wildman–Crippen MR) is 64.5 cm³/mol. The minimum absolute atomic E-state index is 0.279. The normalized spacial score (nSPS) is 21.1. The summed E-state index contributed by atoms with van der Waals surface area (Å²) in [6.07, 6.45) is 0.279. The molecule has 0 radical (unpaired) electrons. The zero-order chi connectivity index (χ0) is 13.4. The first-order chi connectivity index (χ1) is 8.33. The Hall–Kier alpha value is -1.84. The van der Waals surface area contributed by atoms with E-state index in [1.54, 1.807) is 20.8 Å². The van der Waals surface area contributed by atoms with Crippen molar-refractivity contribution >= 4 is 11.9 Å². The third kappa shape index (κ3) is 2.23. The zero-order valence-electron chi connectivity index (χ0n) is 10.7. The van der Waals surface area contributed by atoms with Crippen LogP contribution in [-0.4, -0.2) is 17.7 Å². The van der Waals surface area contributed by atoms with Crippen molar-refractivity contribution in [2.24, 2.45) is 5.41 Å². The van der Waals surface area contributed by atoms with Gasteiger partial charge in [-0.15, -0.1) is 0 Å². The lowest BCUT2D eigenvalue weighted by Crippen LogP contribution is -2.53. The van der Waals surface area contributed by atoms with Crippen molar-refractivity contribution < 1.29 is 19.1 Å². The van der Waals surface area contributed by atoms with Gasteiger partial charge in [-0.25, -0.2) is 0 Å². The van der Waals surface area contributed by atoms with Gasteiger partial charge >= 0.3 is 11.9 Å². The molecule has 0 atom stereocenters. The quantitative estimate of drug-likeness (QED) is 0.594. The molecule has 4 nitrogen and oxygen atoms in total. The molecule has 0 bridgehead atoms. The van der Waals surface area contributed by atoms with Gasteiger partial charge in [0.2, 0.25) is 0 Å². The van der Waals surface area contributed by atoms with Gasteiger partial charge in [-0.05, 0) is 18.9 Å². The molecule has 0 aliphatic carbocycles. The second-order valence-electron chi connectivity index (χ2n) is 5.17. The lowest BCUT2D eigenvalue weighted by molar-refractivity contribution is -0.249. The highest BCUT2D eigenvalue weighted by Gasteiger charge is 2.52. The minimum Gasteiger partial charge on any atom is -0.422 e. The maximum atomic E-state index is 12.0. The van der Waals surface area contributed by atoms with Gasteiger partial charge < -0.3 is 9.47 Å². The first kappa shape index (κ1) is 12.6. The fraction of sp³-hybridized carbons (Fsp3) is 0.429. The van der Waals surface area contributed by atoms with Crippen LogP contribution >= 0.6 is 0 Å². The van der Waals surface area contributed by atoms with Crippen LogP contribution in [0.4, 0.5) is 0 Å². The molecular formula is C14H16O4. The molecule has 4 heteroatoms. The summed E-state index contributed by atoms with van der Waals surface area (Å²) < 4.78 is 10.3. The summed E-state index contributed by atoms with van der Waals surface area (Å²) in [7, 11) is 0. The lowest BCUT2D eigenvalue weighted by atomic mass is 9.83. The second kappa shape index (κ2) is 4.12. The van der Waals surface area contributed by atoms with Gasteiger partial charge in [-0.1, -0.05) is 30.3 Å². The van der Waals surface area contributed by atoms with Gasteiger partial charge in [-0.3, -0.25) is 9.59 Å². The number of hydrogen-bond acceptors (Lipinski definition) is 4. The average molecular weight is 248 g/mol. The van der Waals surface area contributed by atoms with Crippen molar-refractivity contribution in [1.82, 2.24) is 0 Å². The van der Waals surface area contributed by atoms with Crippen molar-refractivity contribution in [3.63, 3.8) is 0 Å². The fourth-order valence-electron chi connectivity index (χ4n) is 1.92. The van der Waals surface area contributed by atoms with Crippen LogP contribution in [0.3, 0.4) is 0 Å². The highest BCUT2D eigenvalue weighted by Crippen LogP contribution is 2.34. The van der Waals surface area contributed by atoms with E-state index in [-0.39, 0.29) is 6.42 Å². The molecule has 1 fully saturated rings. The standard InChI is InChI=1S/C14H16O4/c1-13(2)17-11(15)14(3,12(16)18-13)9-10-7-5-4-6-8-10/h4-8H,9H2,1-3H3. The molecule has 2 rings (SSSR count). The lowest BCUT2D eigenvalue weighted by Gasteiger charge is -2.38. The van der Waals surface area contributed by atoms with Crippen LogP contribution in [-0.2, 0) is 25.5 Å². The van der Waals surface area contributed by atoms with Gasteiger partial charge in [0.25, 0.3) is 5.79 Å².